The Labute approximate surface area is 702 Å². The number of primary amides is 1. The third-order valence-corrected chi connectivity index (χ3v) is 20.9. The van der Waals surface area contributed by atoms with Crippen LogP contribution >= 0.6 is 0 Å². The van der Waals surface area contributed by atoms with E-state index >= 15 is 0 Å². The number of H-pyrrole nitrogens is 1. The fourth-order valence-corrected chi connectivity index (χ4v) is 14.2. The van der Waals surface area contributed by atoms with Gasteiger partial charge in [0.15, 0.2) is 35.8 Å². The topological polar surface area (TPSA) is 799 Å². The molecule has 46 heteroatoms. The van der Waals surface area contributed by atoms with Crippen LogP contribution in [0.4, 0.5) is 5.95 Å². The summed E-state index contributed by atoms with van der Waals surface area (Å²) in [5.74, 6) is -9.86. The summed E-state index contributed by atoms with van der Waals surface area (Å²) in [6.45, 7) is 1.18. The number of carbonyl (C=O) groups is 11. The minimum absolute atomic E-state index is 0.00995. The van der Waals surface area contributed by atoms with Crippen molar-refractivity contribution in [3.8, 4) is 10.1 Å². The molecule has 0 spiro atoms. The predicted molar refractivity (Wildman–Crippen MR) is 456 cm³/mol. The number of hydrogen-bond acceptors (Lipinski definition) is 21. The van der Waals surface area contributed by atoms with Gasteiger partial charge in [0.25, 0.3) is 0 Å². The minimum atomic E-state index is -1.53. The zero-order valence-electron chi connectivity index (χ0n) is 67.6. The number of rotatable bonds is 60. The summed E-state index contributed by atoms with van der Waals surface area (Å²) in [5.41, 5.74) is 52.7. The molecule has 3 aromatic heterocycles. The van der Waals surface area contributed by atoms with Crippen LogP contribution in [0.5, 0.6) is 0 Å². The Balaban J connectivity index is 1.50. The number of fused-ring (bicyclic) bond motifs is 1. The number of amides is 11. The first-order valence-electron chi connectivity index (χ1n) is 40.0. The fourth-order valence-electron chi connectivity index (χ4n) is 12.4. The Morgan fingerprint density at radius 2 is 0.750 bits per heavy atom. The van der Waals surface area contributed by atoms with Crippen LogP contribution in [0, 0.1) is 32.5 Å². The van der Waals surface area contributed by atoms with E-state index in [2.05, 4.69) is 100 Å². The van der Waals surface area contributed by atoms with Crippen LogP contribution in [0.15, 0.2) is 54.9 Å². The Morgan fingerprint density at radius 1 is 0.383 bits per heavy atom. The number of nitrogens with two attached hydrogens (primary N) is 9. The summed E-state index contributed by atoms with van der Waals surface area (Å²) in [7, 11) is 0. The molecular weight excluding hydrogens is 1620 g/mol. The number of hydrogen-bond donors (Lipinski definition) is 32. The maximum Gasteiger partial charge on any atom is 0.243 e. The minimum Gasteiger partial charge on any atom is -0.370 e. The normalized spacial score (nSPS) is 12.9. The SMILES string of the molecule is N=C(N)NCCCC(NC(=O)CCCCCNC(=O)C(Cc1c[nH]c2ccccc12)NC(=O)CCCCCNC(=O)c1ccc(-c2ccnc(N)n2)[se]1)C(=O)NC(CCCNC(=N)N)C(=O)NC(CCCNC(=N)N)C(=O)NC(CCCNC(=N)N)C(=O)NC(CCCNC(=N)N)C(=O)NC(CCCNC(=N)N)C(=O)NC(CCCCN)C(N)=O. The Bertz CT molecular complexity index is 4050. The summed E-state index contributed by atoms with van der Waals surface area (Å²) in [4.78, 5) is 166. The van der Waals surface area contributed by atoms with E-state index in [-0.39, 0.29) is 193 Å². The predicted octanol–water partition coefficient (Wildman–Crippen LogP) is -5.45. The van der Waals surface area contributed by atoms with Gasteiger partial charge in [-0.3, -0.25) is 75.6 Å². The first kappa shape index (κ1) is 99.7. The van der Waals surface area contributed by atoms with Gasteiger partial charge in [0.2, 0.25) is 47.3 Å². The van der Waals surface area contributed by atoms with Crippen LogP contribution in [-0.2, 0) is 54.4 Å². The number of carbonyl (C=O) groups excluding carboxylic acids is 11. The number of nitrogen functional groups attached to an aromatic ring is 1. The summed E-state index contributed by atoms with van der Waals surface area (Å²) in [6.07, 6.45) is 7.38. The van der Waals surface area contributed by atoms with Crippen molar-refractivity contribution in [2.24, 2.45) is 45.9 Å². The van der Waals surface area contributed by atoms with Crippen molar-refractivity contribution in [3.63, 3.8) is 0 Å². The van der Waals surface area contributed by atoms with Gasteiger partial charge in [-0.2, -0.15) is 0 Å². The molecule has 120 heavy (non-hydrogen) atoms. The molecule has 41 N–H and O–H groups in total. The number of benzene rings is 1. The van der Waals surface area contributed by atoms with Gasteiger partial charge in [0, 0.05) is 69.3 Å². The maximum atomic E-state index is 14.9. The number of anilines is 1. The third kappa shape index (κ3) is 41.0. The van der Waals surface area contributed by atoms with Gasteiger partial charge < -0.3 is 125 Å². The molecule has 11 amide bonds. The van der Waals surface area contributed by atoms with Crippen LogP contribution in [0.3, 0.4) is 0 Å². The van der Waals surface area contributed by atoms with Crippen LogP contribution in [-0.4, -0.2) is 237 Å². The van der Waals surface area contributed by atoms with Crippen LogP contribution in [0.2, 0.25) is 0 Å². The second-order valence-corrected chi connectivity index (χ2v) is 30.7. The first-order valence-corrected chi connectivity index (χ1v) is 41.7. The number of guanidine groups is 6. The van der Waals surface area contributed by atoms with Crippen molar-refractivity contribution in [3.05, 3.63) is 64.9 Å². The maximum absolute atomic E-state index is 14.9. The zero-order valence-corrected chi connectivity index (χ0v) is 69.4. The molecular formula is C74H124N34O11Se. The van der Waals surface area contributed by atoms with Crippen molar-refractivity contribution in [2.45, 2.75) is 202 Å². The quantitative estimate of drug-likeness (QED) is 0.00849. The number of para-hydroxylation sites is 1. The van der Waals surface area contributed by atoms with Crippen LogP contribution < -0.4 is 137 Å². The van der Waals surface area contributed by atoms with Gasteiger partial charge >= 0.3 is 158 Å². The molecule has 0 aliphatic rings. The van der Waals surface area contributed by atoms with Gasteiger partial charge in [-0.15, -0.1) is 0 Å². The van der Waals surface area contributed by atoms with E-state index in [1.807, 2.05) is 30.3 Å². The van der Waals surface area contributed by atoms with E-state index in [9.17, 15) is 52.7 Å². The number of aromatic amines is 1. The zero-order chi connectivity index (χ0) is 88.3. The van der Waals surface area contributed by atoms with E-state index in [1.54, 1.807) is 24.5 Å². The second kappa shape index (κ2) is 55.9. The monoisotopic (exact) mass is 1740 g/mol. The molecule has 0 aliphatic carbocycles. The molecule has 0 fully saturated rings. The molecule has 3 heterocycles. The summed E-state index contributed by atoms with van der Waals surface area (Å²) in [6, 6.07) is 2.18. The third-order valence-electron chi connectivity index (χ3n) is 18.6. The Morgan fingerprint density at radius 3 is 1.14 bits per heavy atom. The van der Waals surface area contributed by atoms with Crippen molar-refractivity contribution in [1.29, 1.82) is 32.5 Å². The number of aromatic nitrogens is 3. The smallest absolute Gasteiger partial charge is 0.243 e. The van der Waals surface area contributed by atoms with E-state index in [0.717, 1.165) is 20.9 Å². The molecule has 4 rings (SSSR count). The average molecular weight is 1740 g/mol. The average Bonchev–Trinajstić information content (AvgIpc) is 1.68. The number of nitrogens with zero attached hydrogens (tertiary/aromatic N) is 2. The van der Waals surface area contributed by atoms with E-state index in [1.165, 1.54) is 0 Å². The molecule has 662 valence electrons. The molecule has 0 radical (unpaired) electrons. The largest absolute Gasteiger partial charge is 0.370 e. The van der Waals surface area contributed by atoms with Crippen molar-refractivity contribution in [1.82, 2.24) is 100 Å². The Hall–Kier alpha value is -12.6. The summed E-state index contributed by atoms with van der Waals surface area (Å²) >= 11 is -0.264. The van der Waals surface area contributed by atoms with Gasteiger partial charge in [0.05, 0.1) is 0 Å². The molecule has 0 bridgehead atoms. The van der Waals surface area contributed by atoms with Gasteiger partial charge in [-0.05, 0) is 127 Å². The van der Waals surface area contributed by atoms with Crippen molar-refractivity contribution >= 4 is 132 Å². The van der Waals surface area contributed by atoms with Crippen LogP contribution in [0.1, 0.15) is 162 Å². The molecule has 0 saturated carbocycles. The van der Waals surface area contributed by atoms with Gasteiger partial charge in [-0.25, -0.2) is 0 Å². The standard InChI is InChI=1S/C74H124N34O11Se/c75-31-8-7-19-47(59(76)111)102-62(114)49(21-12-35-93-69(79)80)104-64(116)51(23-14-37-95-71(83)84)106-66(118)53(25-16-39-97-73(87)88)107-65(117)52(24-15-38-96-72(85)86)105-63(115)50(22-13-36-94-70(81)82)103-61(113)48(20-11-34-92-68(77)78)100-57(109)26-3-1-9-32-90-60(112)54(41-43-42-99-45-18-6-5-17-44(43)45)101-58(110)27-4-2-10-33-91-67(119)56-29-28-55(120-56)46-30-40-98-74(89)108-46/h5-6,17-18,28-30,40,42,47-54,99H,1-4,7-16,19-27,31-39,41,75H2,(H2,76,111)(H,90,112)(H,91,119)(H,100,109)(H,101,110)(H,102,114)(H,103,113)(H,104,116)(H,105,115)(H,106,118)(H,107,117)(H4,77,78,92)(H4,79,80,93)(H4,81,82,94)(H4,83,84,95)(H4,85,86,96)(H4,87,88,97)(H2,89,98,108). The van der Waals surface area contributed by atoms with Crippen molar-refractivity contribution in [2.75, 3.05) is 64.6 Å². The fraction of sp³-hybridized carbons (Fsp3) is 0.554. The van der Waals surface area contributed by atoms with Crippen molar-refractivity contribution < 1.29 is 52.7 Å². The molecule has 4 aromatic rings. The van der Waals surface area contributed by atoms with E-state index in [0.29, 0.717) is 74.6 Å². The molecule has 1 aromatic carbocycles. The summed E-state index contributed by atoms with van der Waals surface area (Å²) < 4.78 is 1.56. The van der Waals surface area contributed by atoms with E-state index in [4.69, 9.17) is 84.1 Å². The first-order chi connectivity index (χ1) is 57.3. The van der Waals surface area contributed by atoms with E-state index < -0.39 is 125 Å². The molecule has 8 unspecified atom stereocenters. The van der Waals surface area contributed by atoms with Crippen LogP contribution in [0.25, 0.3) is 21.0 Å². The molecule has 0 aliphatic heterocycles. The number of nitrogens with one attached hydrogen (secondary N) is 23. The second-order valence-electron chi connectivity index (χ2n) is 28.4. The molecule has 8 atom stereocenters. The van der Waals surface area contributed by atoms with Gasteiger partial charge in [0.1, 0.15) is 42.3 Å². The Kier molecular flexibility index (Phi) is 46.5. The van der Waals surface area contributed by atoms with Gasteiger partial charge in [-0.1, -0.05) is 24.6 Å². The summed E-state index contributed by atoms with van der Waals surface area (Å²) in [5, 5.41) is 90.3. The number of unbranched alkanes of at least 4 members (excludes halogenated alkanes) is 5. The molecule has 0 saturated heterocycles. The molecule has 45 nitrogen and oxygen atoms in total.